The second-order valence-electron chi connectivity index (χ2n) is 5.93. The molecule has 0 atom stereocenters. The van der Waals surface area contributed by atoms with E-state index in [4.69, 9.17) is 11.4 Å². The van der Waals surface area contributed by atoms with E-state index in [1.165, 1.54) is 32.1 Å². The summed E-state index contributed by atoms with van der Waals surface area (Å²) in [7, 11) is 0. The van der Waals surface area contributed by atoms with Crippen LogP contribution >= 0.6 is 0 Å². The molecular formula is C19H36NO2. The molecule has 0 spiro atoms. The molecule has 0 unspecified atom stereocenters. The first-order valence-corrected chi connectivity index (χ1v) is 9.22. The molecular weight excluding hydrogens is 274 g/mol. The van der Waals surface area contributed by atoms with E-state index in [1.807, 2.05) is 0 Å². The van der Waals surface area contributed by atoms with Gasteiger partial charge in [0, 0.05) is 13.0 Å². The molecule has 0 N–H and O–H groups in total. The van der Waals surface area contributed by atoms with E-state index in [0.717, 1.165) is 38.5 Å². The minimum absolute atomic E-state index is 0.146. The molecule has 22 heavy (non-hydrogen) atoms. The summed E-state index contributed by atoms with van der Waals surface area (Å²) in [6.45, 7) is 11.0. The van der Waals surface area contributed by atoms with Crippen LogP contribution in [0, 0.1) is 6.58 Å². The normalized spacial score (nSPS) is 10.6. The largest absolute Gasteiger partial charge is 0.273 e. The zero-order valence-corrected chi connectivity index (χ0v) is 14.8. The SMILES string of the molecule is [CH]=CCCCCCCCC(=O)N(CCC)OCCCCCC. The number of amides is 1. The van der Waals surface area contributed by atoms with Crippen LogP contribution in [-0.4, -0.2) is 24.1 Å². The Labute approximate surface area is 138 Å². The van der Waals surface area contributed by atoms with Gasteiger partial charge in [-0.25, -0.2) is 5.06 Å². The van der Waals surface area contributed by atoms with Crippen molar-refractivity contribution in [3.8, 4) is 0 Å². The van der Waals surface area contributed by atoms with Crippen LogP contribution in [0.15, 0.2) is 6.08 Å². The number of carbonyl (C=O) groups excluding carboxylic acids is 1. The maximum absolute atomic E-state index is 12.2. The minimum Gasteiger partial charge on any atom is -0.273 e. The zero-order valence-electron chi connectivity index (χ0n) is 14.8. The predicted octanol–water partition coefficient (Wildman–Crippen LogP) is 5.46. The molecule has 3 heteroatoms. The van der Waals surface area contributed by atoms with Gasteiger partial charge >= 0.3 is 0 Å². The fourth-order valence-electron chi connectivity index (χ4n) is 2.36. The molecule has 0 aromatic carbocycles. The monoisotopic (exact) mass is 310 g/mol. The Balaban J connectivity index is 3.72. The highest BCUT2D eigenvalue weighted by molar-refractivity contribution is 5.74. The summed E-state index contributed by atoms with van der Waals surface area (Å²) in [5.41, 5.74) is 0. The Morgan fingerprint density at radius 2 is 1.64 bits per heavy atom. The summed E-state index contributed by atoms with van der Waals surface area (Å²) in [6, 6.07) is 0. The molecule has 0 saturated heterocycles. The second-order valence-corrected chi connectivity index (χ2v) is 5.93. The van der Waals surface area contributed by atoms with Gasteiger partial charge in [-0.1, -0.05) is 65.0 Å². The first kappa shape index (κ1) is 21.2. The lowest BCUT2D eigenvalue weighted by atomic mass is 10.1. The van der Waals surface area contributed by atoms with E-state index in [2.05, 4.69) is 13.8 Å². The van der Waals surface area contributed by atoms with Crippen molar-refractivity contribution in [2.45, 2.75) is 90.9 Å². The van der Waals surface area contributed by atoms with Crippen LogP contribution in [0.2, 0.25) is 0 Å². The number of hydroxylamine groups is 2. The molecule has 0 aliphatic carbocycles. The van der Waals surface area contributed by atoms with Gasteiger partial charge in [0.2, 0.25) is 5.91 Å². The summed E-state index contributed by atoms with van der Waals surface area (Å²) in [4.78, 5) is 17.8. The van der Waals surface area contributed by atoms with Gasteiger partial charge < -0.3 is 0 Å². The standard InChI is InChI=1S/C19H36NO2/c1-4-7-9-11-12-13-14-16-19(21)20(17-6-3)22-18-15-10-8-5-2/h1,4H,5-18H2,2-3H3. The van der Waals surface area contributed by atoms with E-state index in [-0.39, 0.29) is 5.91 Å². The lowest BCUT2D eigenvalue weighted by Crippen LogP contribution is -2.32. The lowest BCUT2D eigenvalue weighted by molar-refractivity contribution is -0.187. The second kappa shape index (κ2) is 16.5. The number of rotatable bonds is 16. The fraction of sp³-hybridized carbons (Fsp3) is 0.842. The van der Waals surface area contributed by atoms with Crippen LogP contribution in [0.4, 0.5) is 0 Å². The van der Waals surface area contributed by atoms with Crippen LogP contribution in [0.1, 0.15) is 90.9 Å². The molecule has 0 bridgehead atoms. The summed E-state index contributed by atoms with van der Waals surface area (Å²) in [6.07, 6.45) is 14.6. The molecule has 0 saturated carbocycles. The highest BCUT2D eigenvalue weighted by Crippen LogP contribution is 2.10. The first-order valence-electron chi connectivity index (χ1n) is 9.22. The molecule has 0 rings (SSSR count). The Hall–Kier alpha value is -0.830. The third-order valence-electron chi connectivity index (χ3n) is 3.71. The topological polar surface area (TPSA) is 29.5 Å². The highest BCUT2D eigenvalue weighted by atomic mass is 16.7. The van der Waals surface area contributed by atoms with Crippen LogP contribution < -0.4 is 0 Å². The first-order chi connectivity index (χ1) is 10.8. The molecule has 0 aromatic rings. The number of unbranched alkanes of at least 4 members (excludes halogenated alkanes) is 8. The van der Waals surface area contributed by atoms with E-state index < -0.39 is 0 Å². The van der Waals surface area contributed by atoms with Crippen molar-refractivity contribution in [3.05, 3.63) is 12.7 Å². The maximum Gasteiger partial charge on any atom is 0.246 e. The number of carbonyl (C=O) groups is 1. The van der Waals surface area contributed by atoms with E-state index >= 15 is 0 Å². The van der Waals surface area contributed by atoms with Crippen molar-refractivity contribution in [2.75, 3.05) is 13.2 Å². The van der Waals surface area contributed by atoms with E-state index in [9.17, 15) is 4.79 Å². The van der Waals surface area contributed by atoms with Gasteiger partial charge in [0.25, 0.3) is 0 Å². The Morgan fingerprint density at radius 1 is 0.955 bits per heavy atom. The predicted molar refractivity (Wildman–Crippen MR) is 93.3 cm³/mol. The van der Waals surface area contributed by atoms with Gasteiger partial charge in [-0.2, -0.15) is 0 Å². The number of hydrogen-bond acceptors (Lipinski definition) is 2. The lowest BCUT2D eigenvalue weighted by Gasteiger charge is -2.21. The molecule has 3 nitrogen and oxygen atoms in total. The van der Waals surface area contributed by atoms with Crippen LogP contribution in [0.5, 0.6) is 0 Å². The summed E-state index contributed by atoms with van der Waals surface area (Å²) < 4.78 is 0. The molecule has 1 radical (unpaired) electrons. The van der Waals surface area contributed by atoms with E-state index in [0.29, 0.717) is 19.6 Å². The van der Waals surface area contributed by atoms with Gasteiger partial charge in [-0.3, -0.25) is 9.63 Å². The smallest absolute Gasteiger partial charge is 0.246 e. The molecule has 0 heterocycles. The van der Waals surface area contributed by atoms with Crippen LogP contribution in [0.3, 0.4) is 0 Å². The van der Waals surface area contributed by atoms with Crippen molar-refractivity contribution >= 4 is 5.91 Å². The van der Waals surface area contributed by atoms with Crippen LogP contribution in [-0.2, 0) is 9.63 Å². The van der Waals surface area contributed by atoms with Gasteiger partial charge in [0.15, 0.2) is 0 Å². The van der Waals surface area contributed by atoms with E-state index in [1.54, 1.807) is 11.1 Å². The molecule has 0 aliphatic heterocycles. The molecule has 1 amide bonds. The molecule has 0 aliphatic rings. The van der Waals surface area contributed by atoms with Crippen molar-refractivity contribution in [3.63, 3.8) is 0 Å². The van der Waals surface area contributed by atoms with Crippen molar-refractivity contribution in [1.82, 2.24) is 5.06 Å². The van der Waals surface area contributed by atoms with Gasteiger partial charge in [-0.15, -0.1) is 0 Å². The highest BCUT2D eigenvalue weighted by Gasteiger charge is 2.12. The number of hydrogen-bond donors (Lipinski definition) is 0. The maximum atomic E-state index is 12.2. The minimum atomic E-state index is 0.146. The third-order valence-corrected chi connectivity index (χ3v) is 3.71. The Bertz CT molecular complexity index is 266. The summed E-state index contributed by atoms with van der Waals surface area (Å²) in [5.74, 6) is 0.146. The zero-order chi connectivity index (χ0) is 16.5. The van der Waals surface area contributed by atoms with Gasteiger partial charge in [0.1, 0.15) is 0 Å². The average Bonchev–Trinajstić information content (AvgIpc) is 2.52. The molecule has 0 aromatic heterocycles. The number of allylic oxidation sites excluding steroid dienone is 1. The molecule has 129 valence electrons. The quantitative estimate of drug-likeness (QED) is 0.280. The van der Waals surface area contributed by atoms with Crippen molar-refractivity contribution in [2.24, 2.45) is 0 Å². The van der Waals surface area contributed by atoms with Crippen molar-refractivity contribution in [1.29, 1.82) is 0 Å². The van der Waals surface area contributed by atoms with Crippen molar-refractivity contribution < 1.29 is 9.63 Å². The average molecular weight is 311 g/mol. The number of nitrogens with zero attached hydrogens (tertiary/aromatic N) is 1. The fourth-order valence-corrected chi connectivity index (χ4v) is 2.36. The summed E-state index contributed by atoms with van der Waals surface area (Å²) in [5, 5.41) is 1.59. The Morgan fingerprint density at radius 3 is 2.32 bits per heavy atom. The van der Waals surface area contributed by atoms with Crippen LogP contribution in [0.25, 0.3) is 0 Å². The van der Waals surface area contributed by atoms with Gasteiger partial charge in [-0.05, 0) is 32.1 Å². The summed E-state index contributed by atoms with van der Waals surface area (Å²) >= 11 is 0. The van der Waals surface area contributed by atoms with Gasteiger partial charge in [0.05, 0.1) is 6.61 Å². The Kier molecular flexibility index (Phi) is 15.9. The third kappa shape index (κ3) is 12.9. The molecule has 0 fully saturated rings.